The zero-order valence-corrected chi connectivity index (χ0v) is 8.91. The van der Waals surface area contributed by atoms with Crippen molar-refractivity contribution < 1.29 is 13.2 Å². The summed E-state index contributed by atoms with van der Waals surface area (Å²) in [5, 5.41) is 8.88. The molecule has 1 aromatic rings. The Hall–Kier alpha value is -1.77. The molecule has 0 amide bonds. The number of aromatic nitrogens is 1. The van der Waals surface area contributed by atoms with E-state index in [4.69, 9.17) is 5.26 Å². The smallest absolute Gasteiger partial charge is 0.357 e. The molecule has 3 nitrogen and oxygen atoms in total. The normalized spacial score (nSPS) is 15.4. The molecule has 0 bridgehead atoms. The van der Waals surface area contributed by atoms with Crippen LogP contribution in [0.1, 0.15) is 18.4 Å². The zero-order chi connectivity index (χ0) is 12.5. The minimum atomic E-state index is -4.27. The molecule has 1 aromatic heterocycles. The third-order valence-electron chi connectivity index (χ3n) is 2.57. The van der Waals surface area contributed by atoms with E-state index in [2.05, 4.69) is 4.98 Å². The maximum Gasteiger partial charge on any atom is 0.405 e. The number of halogens is 3. The summed E-state index contributed by atoms with van der Waals surface area (Å²) in [7, 11) is 0. The molecule has 1 aliphatic carbocycles. The van der Waals surface area contributed by atoms with Gasteiger partial charge in [-0.3, -0.25) is 4.98 Å². The van der Waals surface area contributed by atoms with E-state index in [9.17, 15) is 13.2 Å². The van der Waals surface area contributed by atoms with Crippen LogP contribution in [0.2, 0.25) is 0 Å². The Morgan fingerprint density at radius 1 is 1.47 bits per heavy atom. The highest BCUT2D eigenvalue weighted by Gasteiger charge is 2.39. The molecule has 17 heavy (non-hydrogen) atoms. The molecular weight excluding hydrogens is 231 g/mol. The fraction of sp³-hybridized carbons (Fsp3) is 0.455. The van der Waals surface area contributed by atoms with Gasteiger partial charge in [0.2, 0.25) is 0 Å². The van der Waals surface area contributed by atoms with Crippen LogP contribution in [0.15, 0.2) is 18.5 Å². The molecule has 1 fully saturated rings. The van der Waals surface area contributed by atoms with E-state index in [1.807, 2.05) is 6.07 Å². The van der Waals surface area contributed by atoms with Crippen molar-refractivity contribution in [1.29, 1.82) is 5.26 Å². The maximum absolute atomic E-state index is 12.5. The van der Waals surface area contributed by atoms with Gasteiger partial charge < -0.3 is 4.90 Å². The van der Waals surface area contributed by atoms with E-state index in [1.54, 1.807) is 0 Å². The zero-order valence-electron chi connectivity index (χ0n) is 8.91. The number of nitriles is 1. The molecule has 90 valence electrons. The van der Waals surface area contributed by atoms with Gasteiger partial charge in [-0.2, -0.15) is 18.4 Å². The first kappa shape index (κ1) is 11.7. The Bertz CT molecular complexity index is 446. The van der Waals surface area contributed by atoms with Gasteiger partial charge in [0.15, 0.2) is 0 Å². The molecule has 0 aromatic carbocycles. The Morgan fingerprint density at radius 3 is 2.71 bits per heavy atom. The van der Waals surface area contributed by atoms with Crippen molar-refractivity contribution in [3.8, 4) is 6.07 Å². The molecule has 1 aliphatic rings. The Kier molecular flexibility index (Phi) is 2.92. The molecule has 0 aliphatic heterocycles. The van der Waals surface area contributed by atoms with Crippen LogP contribution in [0.4, 0.5) is 18.9 Å². The van der Waals surface area contributed by atoms with Gasteiger partial charge in [-0.05, 0) is 18.9 Å². The molecule has 0 N–H and O–H groups in total. The quantitative estimate of drug-likeness (QED) is 0.816. The van der Waals surface area contributed by atoms with Crippen molar-refractivity contribution >= 4 is 5.69 Å². The lowest BCUT2D eigenvalue weighted by molar-refractivity contribution is -0.120. The van der Waals surface area contributed by atoms with E-state index in [0.29, 0.717) is 0 Å². The molecule has 0 unspecified atom stereocenters. The van der Waals surface area contributed by atoms with Gasteiger partial charge >= 0.3 is 6.18 Å². The lowest BCUT2D eigenvalue weighted by atomic mass is 10.2. The van der Waals surface area contributed by atoms with E-state index in [1.165, 1.54) is 23.4 Å². The van der Waals surface area contributed by atoms with Crippen molar-refractivity contribution in [2.75, 3.05) is 11.4 Å². The fourth-order valence-electron chi connectivity index (χ4n) is 1.70. The number of pyridine rings is 1. The van der Waals surface area contributed by atoms with Gasteiger partial charge in [0.1, 0.15) is 12.6 Å². The Labute approximate surface area is 96.5 Å². The molecular formula is C11H10F3N3. The molecule has 0 radical (unpaired) electrons. The van der Waals surface area contributed by atoms with Gasteiger partial charge in [0.25, 0.3) is 0 Å². The van der Waals surface area contributed by atoms with Crippen LogP contribution in [0.3, 0.4) is 0 Å². The first-order valence-electron chi connectivity index (χ1n) is 5.19. The highest BCUT2D eigenvalue weighted by atomic mass is 19.4. The molecule has 0 spiro atoms. The van der Waals surface area contributed by atoms with Gasteiger partial charge in [0.05, 0.1) is 17.4 Å². The number of anilines is 1. The predicted molar refractivity (Wildman–Crippen MR) is 55.4 cm³/mol. The number of nitrogens with zero attached hydrogens (tertiary/aromatic N) is 3. The average Bonchev–Trinajstić information content (AvgIpc) is 3.08. The maximum atomic E-state index is 12.5. The molecule has 1 saturated carbocycles. The molecule has 6 heteroatoms. The summed E-state index contributed by atoms with van der Waals surface area (Å²) in [6.07, 6.45) is -0.0832. The SMILES string of the molecule is N#Cc1ccncc1N(CC(F)(F)F)C1CC1. The standard InChI is InChI=1S/C11H10F3N3/c12-11(13,14)7-17(9-1-2-9)10-6-16-4-3-8(10)5-15/h3-4,6,9H,1-2,7H2. The van der Waals surface area contributed by atoms with E-state index in [-0.39, 0.29) is 17.3 Å². The number of hydrogen-bond acceptors (Lipinski definition) is 3. The van der Waals surface area contributed by atoms with Crippen LogP contribution < -0.4 is 4.90 Å². The minimum Gasteiger partial charge on any atom is -0.357 e. The molecule has 2 rings (SSSR count). The number of rotatable bonds is 3. The van der Waals surface area contributed by atoms with Crippen molar-refractivity contribution in [2.45, 2.75) is 25.1 Å². The second-order valence-corrected chi connectivity index (χ2v) is 3.98. The van der Waals surface area contributed by atoms with Gasteiger partial charge in [-0.15, -0.1) is 0 Å². The van der Waals surface area contributed by atoms with Crippen molar-refractivity contribution in [3.05, 3.63) is 24.0 Å². The summed E-state index contributed by atoms with van der Waals surface area (Å²) >= 11 is 0. The summed E-state index contributed by atoms with van der Waals surface area (Å²) < 4.78 is 37.4. The number of alkyl halides is 3. The van der Waals surface area contributed by atoms with Crippen LogP contribution >= 0.6 is 0 Å². The highest BCUT2D eigenvalue weighted by Crippen LogP contribution is 2.35. The van der Waals surface area contributed by atoms with Crippen LogP contribution in [0.5, 0.6) is 0 Å². The molecule has 0 atom stereocenters. The average molecular weight is 241 g/mol. The van der Waals surface area contributed by atoms with E-state index >= 15 is 0 Å². The van der Waals surface area contributed by atoms with Crippen LogP contribution in [0.25, 0.3) is 0 Å². The van der Waals surface area contributed by atoms with Gasteiger partial charge in [0, 0.05) is 12.2 Å². The topological polar surface area (TPSA) is 39.9 Å². The van der Waals surface area contributed by atoms with E-state index in [0.717, 1.165) is 12.8 Å². The van der Waals surface area contributed by atoms with Gasteiger partial charge in [-0.1, -0.05) is 0 Å². The second-order valence-electron chi connectivity index (χ2n) is 3.98. The highest BCUT2D eigenvalue weighted by molar-refractivity contribution is 5.59. The first-order valence-corrected chi connectivity index (χ1v) is 5.19. The number of hydrogen-bond donors (Lipinski definition) is 0. The second kappa shape index (κ2) is 4.24. The van der Waals surface area contributed by atoms with Crippen LogP contribution in [-0.2, 0) is 0 Å². The predicted octanol–water partition coefficient (Wildman–Crippen LogP) is 2.48. The Balaban J connectivity index is 2.30. The summed E-state index contributed by atoms with van der Waals surface area (Å²) in [6, 6.07) is 3.21. The van der Waals surface area contributed by atoms with Crippen LogP contribution in [0, 0.1) is 11.3 Å². The largest absolute Gasteiger partial charge is 0.405 e. The molecule has 0 saturated heterocycles. The Morgan fingerprint density at radius 2 is 2.18 bits per heavy atom. The van der Waals surface area contributed by atoms with Gasteiger partial charge in [-0.25, -0.2) is 0 Å². The lowest BCUT2D eigenvalue weighted by Gasteiger charge is -2.26. The fourth-order valence-corrected chi connectivity index (χ4v) is 1.70. The summed E-state index contributed by atoms with van der Waals surface area (Å²) in [6.45, 7) is -1.03. The summed E-state index contributed by atoms with van der Waals surface area (Å²) in [5.74, 6) is 0. The van der Waals surface area contributed by atoms with Crippen molar-refractivity contribution in [2.24, 2.45) is 0 Å². The third-order valence-corrected chi connectivity index (χ3v) is 2.57. The van der Waals surface area contributed by atoms with Crippen molar-refractivity contribution in [1.82, 2.24) is 4.98 Å². The van der Waals surface area contributed by atoms with Crippen molar-refractivity contribution in [3.63, 3.8) is 0 Å². The third kappa shape index (κ3) is 2.87. The first-order chi connectivity index (χ1) is 8.01. The van der Waals surface area contributed by atoms with E-state index < -0.39 is 12.7 Å². The summed E-state index contributed by atoms with van der Waals surface area (Å²) in [4.78, 5) is 5.02. The van der Waals surface area contributed by atoms with Crippen LogP contribution in [-0.4, -0.2) is 23.7 Å². The monoisotopic (exact) mass is 241 g/mol. The summed E-state index contributed by atoms with van der Waals surface area (Å²) in [5.41, 5.74) is 0.506. The molecule has 1 heterocycles. The lowest BCUT2D eigenvalue weighted by Crippen LogP contribution is -2.36. The minimum absolute atomic E-state index is 0.118.